The molecule has 7 nitrogen and oxygen atoms in total. The van der Waals surface area contributed by atoms with Gasteiger partial charge in [0, 0.05) is 38.5 Å². The second-order valence-electron chi connectivity index (χ2n) is 8.71. The molecule has 1 heterocycles. The number of rotatable bonds is 2. The van der Waals surface area contributed by atoms with Crippen molar-refractivity contribution in [2.24, 2.45) is 0 Å². The number of piperidine rings is 1. The van der Waals surface area contributed by atoms with Crippen molar-refractivity contribution >= 4 is 29.1 Å². The lowest BCUT2D eigenvalue weighted by molar-refractivity contribution is -0.148. The van der Waals surface area contributed by atoms with Crippen LogP contribution in [0.3, 0.4) is 0 Å². The third kappa shape index (κ3) is 8.69. The fraction of sp³-hybridized carbons (Fsp3) is 0.737. The SMILES string of the molecule is CN(C)C(=O)SC1CCN(C(=O)OC(C)(C)C)C/C1=C/C(=O)OC(C)(C)C. The van der Waals surface area contributed by atoms with E-state index in [1.54, 1.807) is 60.5 Å². The van der Waals surface area contributed by atoms with Gasteiger partial charge in [0.25, 0.3) is 5.24 Å². The molecule has 1 unspecified atom stereocenters. The number of esters is 1. The Hall–Kier alpha value is -1.70. The van der Waals surface area contributed by atoms with Gasteiger partial charge in [0.05, 0.1) is 0 Å². The van der Waals surface area contributed by atoms with Gasteiger partial charge in [0.1, 0.15) is 11.2 Å². The van der Waals surface area contributed by atoms with Gasteiger partial charge in [-0.05, 0) is 53.5 Å². The maximum atomic E-state index is 12.4. The molecule has 0 aromatic carbocycles. The summed E-state index contributed by atoms with van der Waals surface area (Å²) >= 11 is 1.16. The van der Waals surface area contributed by atoms with Gasteiger partial charge < -0.3 is 19.3 Å². The Morgan fingerprint density at radius 2 is 1.63 bits per heavy atom. The summed E-state index contributed by atoms with van der Waals surface area (Å²) in [6.45, 7) is 11.5. The molecule has 0 bridgehead atoms. The fourth-order valence-corrected chi connectivity index (χ4v) is 3.30. The van der Waals surface area contributed by atoms with Crippen molar-refractivity contribution in [1.29, 1.82) is 0 Å². The summed E-state index contributed by atoms with van der Waals surface area (Å²) in [6, 6.07) is 0. The Labute approximate surface area is 166 Å². The van der Waals surface area contributed by atoms with E-state index < -0.39 is 23.3 Å². The van der Waals surface area contributed by atoms with E-state index in [2.05, 4.69) is 0 Å². The van der Waals surface area contributed by atoms with E-state index in [4.69, 9.17) is 9.47 Å². The second-order valence-corrected chi connectivity index (χ2v) is 9.86. The first-order chi connectivity index (χ1) is 12.2. The Bertz CT molecular complexity index is 602. The molecule has 0 aliphatic carbocycles. The molecule has 27 heavy (non-hydrogen) atoms. The van der Waals surface area contributed by atoms with Crippen molar-refractivity contribution < 1.29 is 23.9 Å². The van der Waals surface area contributed by atoms with Gasteiger partial charge in [-0.15, -0.1) is 0 Å². The molecule has 1 fully saturated rings. The normalized spacial score (nSPS) is 19.6. The van der Waals surface area contributed by atoms with E-state index in [-0.39, 0.29) is 17.0 Å². The van der Waals surface area contributed by atoms with Crippen LogP contribution < -0.4 is 0 Å². The van der Waals surface area contributed by atoms with Gasteiger partial charge in [-0.25, -0.2) is 9.59 Å². The lowest BCUT2D eigenvalue weighted by Gasteiger charge is -2.35. The van der Waals surface area contributed by atoms with Crippen molar-refractivity contribution in [3.63, 3.8) is 0 Å². The number of thioether (sulfide) groups is 1. The smallest absolute Gasteiger partial charge is 0.410 e. The summed E-state index contributed by atoms with van der Waals surface area (Å²) in [7, 11) is 3.37. The van der Waals surface area contributed by atoms with Crippen molar-refractivity contribution in [3.8, 4) is 0 Å². The van der Waals surface area contributed by atoms with E-state index in [1.807, 2.05) is 0 Å². The van der Waals surface area contributed by atoms with Crippen LogP contribution in [0.2, 0.25) is 0 Å². The highest BCUT2D eigenvalue weighted by Gasteiger charge is 2.32. The number of ether oxygens (including phenoxy) is 2. The van der Waals surface area contributed by atoms with Crippen molar-refractivity contribution in [2.75, 3.05) is 27.2 Å². The summed E-state index contributed by atoms with van der Waals surface area (Å²) < 4.78 is 10.8. The molecule has 154 valence electrons. The van der Waals surface area contributed by atoms with Crippen LogP contribution in [0.25, 0.3) is 0 Å². The molecule has 1 rings (SSSR count). The summed E-state index contributed by atoms with van der Waals surface area (Å²) in [6.07, 6.45) is 1.53. The van der Waals surface area contributed by atoms with E-state index in [0.717, 1.165) is 11.8 Å². The average Bonchev–Trinajstić information content (AvgIpc) is 2.44. The minimum Gasteiger partial charge on any atom is -0.457 e. The minimum absolute atomic E-state index is 0.0965. The van der Waals surface area contributed by atoms with Crippen LogP contribution in [0.5, 0.6) is 0 Å². The highest BCUT2D eigenvalue weighted by Crippen LogP contribution is 2.30. The van der Waals surface area contributed by atoms with Crippen LogP contribution in [-0.4, -0.2) is 70.7 Å². The first-order valence-corrected chi connectivity index (χ1v) is 9.85. The zero-order chi connectivity index (χ0) is 21.0. The van der Waals surface area contributed by atoms with E-state index in [9.17, 15) is 14.4 Å². The summed E-state index contributed by atoms with van der Waals surface area (Å²) in [4.78, 5) is 39.8. The molecule has 0 N–H and O–H groups in total. The number of hydrogen-bond donors (Lipinski definition) is 0. The van der Waals surface area contributed by atoms with Crippen LogP contribution in [0.1, 0.15) is 48.0 Å². The van der Waals surface area contributed by atoms with Crippen LogP contribution in [0.4, 0.5) is 9.59 Å². The standard InChI is InChI=1S/C19H32N2O5S/c1-18(2,3)25-15(22)11-13-12-21(16(23)26-19(4,5)6)10-9-14(13)27-17(24)20(7)8/h11,14H,9-10,12H2,1-8H3/b13-11-. The molecular weight excluding hydrogens is 368 g/mol. The van der Waals surface area contributed by atoms with Crippen LogP contribution in [0.15, 0.2) is 11.6 Å². The fourth-order valence-electron chi connectivity index (χ4n) is 2.32. The molecule has 0 spiro atoms. The minimum atomic E-state index is -0.615. The van der Waals surface area contributed by atoms with E-state index in [1.165, 1.54) is 11.0 Å². The predicted octanol–water partition coefficient (Wildman–Crippen LogP) is 3.68. The number of nitrogens with zero attached hydrogens (tertiary/aromatic N) is 2. The van der Waals surface area contributed by atoms with Crippen LogP contribution >= 0.6 is 11.8 Å². The molecule has 1 saturated heterocycles. The summed E-state index contributed by atoms with van der Waals surface area (Å²) in [5.41, 5.74) is -0.532. The Balaban J connectivity index is 2.99. The number of hydrogen-bond acceptors (Lipinski definition) is 6. The van der Waals surface area contributed by atoms with E-state index >= 15 is 0 Å². The maximum absolute atomic E-state index is 12.4. The molecule has 0 saturated carbocycles. The lowest BCUT2D eigenvalue weighted by atomic mass is 10.0. The van der Waals surface area contributed by atoms with Crippen molar-refractivity contribution in [2.45, 2.75) is 64.4 Å². The van der Waals surface area contributed by atoms with Crippen molar-refractivity contribution in [3.05, 3.63) is 11.6 Å². The van der Waals surface area contributed by atoms with Gasteiger partial charge in [-0.1, -0.05) is 11.8 Å². The molecule has 0 radical (unpaired) electrons. The Kier molecular flexibility index (Phi) is 7.77. The number of likely N-dealkylation sites (tertiary alicyclic amines) is 1. The molecule has 1 atom stereocenters. The highest BCUT2D eigenvalue weighted by atomic mass is 32.2. The Morgan fingerprint density at radius 3 is 2.11 bits per heavy atom. The number of carbonyl (C=O) groups excluding carboxylic acids is 3. The Morgan fingerprint density at radius 1 is 1.07 bits per heavy atom. The molecule has 1 aliphatic rings. The molecule has 8 heteroatoms. The number of amides is 2. The molecule has 0 aromatic heterocycles. The van der Waals surface area contributed by atoms with Crippen LogP contribution in [0, 0.1) is 0 Å². The van der Waals surface area contributed by atoms with Gasteiger partial charge in [-0.2, -0.15) is 0 Å². The van der Waals surface area contributed by atoms with Gasteiger partial charge >= 0.3 is 12.1 Å². The number of carbonyl (C=O) groups is 3. The topological polar surface area (TPSA) is 76.2 Å². The summed E-state index contributed by atoms with van der Waals surface area (Å²) in [5, 5.41) is -0.285. The average molecular weight is 401 g/mol. The molecule has 1 aliphatic heterocycles. The largest absolute Gasteiger partial charge is 0.457 e. The first-order valence-electron chi connectivity index (χ1n) is 8.97. The molecular formula is C19H32N2O5S. The first kappa shape index (κ1) is 23.3. The van der Waals surface area contributed by atoms with Crippen LogP contribution in [-0.2, 0) is 14.3 Å². The monoisotopic (exact) mass is 400 g/mol. The van der Waals surface area contributed by atoms with Gasteiger partial charge in [0.2, 0.25) is 0 Å². The highest BCUT2D eigenvalue weighted by molar-refractivity contribution is 8.14. The zero-order valence-electron chi connectivity index (χ0n) is 17.6. The maximum Gasteiger partial charge on any atom is 0.410 e. The molecule has 0 aromatic rings. The van der Waals surface area contributed by atoms with Gasteiger partial charge in [0.15, 0.2) is 0 Å². The third-order valence-electron chi connectivity index (χ3n) is 3.42. The van der Waals surface area contributed by atoms with E-state index in [0.29, 0.717) is 18.5 Å². The van der Waals surface area contributed by atoms with Crippen molar-refractivity contribution in [1.82, 2.24) is 9.80 Å². The zero-order valence-corrected chi connectivity index (χ0v) is 18.4. The lowest BCUT2D eigenvalue weighted by Crippen LogP contribution is -2.44. The third-order valence-corrected chi connectivity index (χ3v) is 4.81. The quantitative estimate of drug-likeness (QED) is 0.520. The molecule has 2 amide bonds. The van der Waals surface area contributed by atoms with Gasteiger partial charge in [-0.3, -0.25) is 4.79 Å². The summed E-state index contributed by atoms with van der Waals surface area (Å²) in [5.74, 6) is -0.480. The predicted molar refractivity (Wildman–Crippen MR) is 107 cm³/mol. The second kappa shape index (κ2) is 8.99.